The van der Waals surface area contributed by atoms with E-state index in [2.05, 4.69) is 5.32 Å². The van der Waals surface area contributed by atoms with Crippen molar-refractivity contribution in [3.05, 3.63) is 52.0 Å². The molecule has 1 amide bonds. The van der Waals surface area contributed by atoms with Gasteiger partial charge in [-0.3, -0.25) is 4.79 Å². The predicted molar refractivity (Wildman–Crippen MR) is 99.5 cm³/mol. The maximum Gasteiger partial charge on any atom is 0.339 e. The van der Waals surface area contributed by atoms with E-state index in [4.69, 9.17) is 37.4 Å². The van der Waals surface area contributed by atoms with Gasteiger partial charge in [-0.1, -0.05) is 23.2 Å². The molecule has 0 unspecified atom stereocenters. The molecule has 0 spiro atoms. The molecule has 1 N–H and O–H groups in total. The zero-order valence-electron chi connectivity index (χ0n) is 14.3. The second-order valence-electron chi connectivity index (χ2n) is 5.26. The molecule has 0 aliphatic carbocycles. The van der Waals surface area contributed by atoms with Crippen LogP contribution in [0.3, 0.4) is 0 Å². The molecule has 1 atom stereocenters. The van der Waals surface area contributed by atoms with E-state index in [1.165, 1.54) is 39.3 Å². The fourth-order valence-electron chi connectivity index (χ4n) is 2.03. The Kier molecular flexibility index (Phi) is 6.71. The van der Waals surface area contributed by atoms with E-state index in [1.807, 2.05) is 0 Å². The van der Waals surface area contributed by atoms with Crippen LogP contribution in [-0.4, -0.2) is 32.2 Å². The van der Waals surface area contributed by atoms with Gasteiger partial charge in [0.1, 0.15) is 11.5 Å². The van der Waals surface area contributed by atoms with Crippen LogP contribution in [0.1, 0.15) is 17.3 Å². The van der Waals surface area contributed by atoms with Crippen LogP contribution in [0, 0.1) is 0 Å². The van der Waals surface area contributed by atoms with Crippen LogP contribution in [0.4, 0.5) is 5.69 Å². The highest BCUT2D eigenvalue weighted by molar-refractivity contribution is 6.36. The highest BCUT2D eigenvalue weighted by atomic mass is 35.5. The molecular formula is C18H17Cl2NO5. The number of ether oxygens (including phenoxy) is 3. The number of methoxy groups -OCH3 is 2. The van der Waals surface area contributed by atoms with Crippen molar-refractivity contribution >= 4 is 40.8 Å². The minimum atomic E-state index is -1.05. The van der Waals surface area contributed by atoms with E-state index >= 15 is 0 Å². The number of benzene rings is 2. The van der Waals surface area contributed by atoms with Gasteiger partial charge < -0.3 is 19.5 Å². The molecule has 0 saturated heterocycles. The molecule has 2 aromatic carbocycles. The minimum Gasteiger partial charge on any atom is -0.497 e. The molecule has 26 heavy (non-hydrogen) atoms. The Morgan fingerprint density at radius 3 is 2.15 bits per heavy atom. The molecule has 0 aromatic heterocycles. The van der Waals surface area contributed by atoms with Crippen LogP contribution in [0.2, 0.25) is 10.0 Å². The van der Waals surface area contributed by atoms with Crippen LogP contribution in [0.15, 0.2) is 36.4 Å². The van der Waals surface area contributed by atoms with Crippen LogP contribution in [0.25, 0.3) is 0 Å². The van der Waals surface area contributed by atoms with Crippen LogP contribution < -0.4 is 14.8 Å². The van der Waals surface area contributed by atoms with Crippen LogP contribution >= 0.6 is 23.2 Å². The van der Waals surface area contributed by atoms with Gasteiger partial charge in [-0.15, -0.1) is 0 Å². The third-order valence-corrected chi connectivity index (χ3v) is 3.98. The molecule has 0 saturated carbocycles. The number of hydrogen-bond acceptors (Lipinski definition) is 5. The zero-order chi connectivity index (χ0) is 19.3. The molecule has 0 heterocycles. The summed E-state index contributed by atoms with van der Waals surface area (Å²) in [6, 6.07) is 9.25. The van der Waals surface area contributed by atoms with Crippen LogP contribution in [-0.2, 0) is 9.53 Å². The molecule has 138 valence electrons. The van der Waals surface area contributed by atoms with E-state index in [9.17, 15) is 9.59 Å². The first-order valence-electron chi connectivity index (χ1n) is 7.54. The van der Waals surface area contributed by atoms with Gasteiger partial charge in [0, 0.05) is 11.1 Å². The largest absolute Gasteiger partial charge is 0.497 e. The van der Waals surface area contributed by atoms with Gasteiger partial charge >= 0.3 is 5.97 Å². The molecule has 2 aromatic rings. The number of amides is 1. The van der Waals surface area contributed by atoms with Gasteiger partial charge in [0.2, 0.25) is 0 Å². The molecule has 2 rings (SSSR count). The SMILES string of the molecule is COc1cc(OC)cc(C(=O)O[C@H](C)C(=O)Nc2ccc(Cl)cc2Cl)c1. The van der Waals surface area contributed by atoms with Crippen molar-refractivity contribution in [1.29, 1.82) is 0 Å². The highest BCUT2D eigenvalue weighted by Gasteiger charge is 2.21. The van der Waals surface area contributed by atoms with E-state index in [-0.39, 0.29) is 10.6 Å². The van der Waals surface area contributed by atoms with Gasteiger partial charge in [0.05, 0.1) is 30.5 Å². The smallest absolute Gasteiger partial charge is 0.339 e. The van der Waals surface area contributed by atoms with Crippen molar-refractivity contribution < 1.29 is 23.8 Å². The van der Waals surface area contributed by atoms with Crippen molar-refractivity contribution in [3.8, 4) is 11.5 Å². The Morgan fingerprint density at radius 1 is 1.00 bits per heavy atom. The molecule has 6 nitrogen and oxygen atoms in total. The number of halogens is 2. The molecule has 0 aliphatic rings. The highest BCUT2D eigenvalue weighted by Crippen LogP contribution is 2.26. The lowest BCUT2D eigenvalue weighted by atomic mass is 10.2. The Bertz CT molecular complexity index is 803. The van der Waals surface area contributed by atoms with Crippen molar-refractivity contribution in [3.63, 3.8) is 0 Å². The number of carbonyl (C=O) groups excluding carboxylic acids is 2. The van der Waals surface area contributed by atoms with E-state index < -0.39 is 18.0 Å². The number of carbonyl (C=O) groups is 2. The second kappa shape index (κ2) is 8.78. The number of rotatable bonds is 6. The molecule has 0 radical (unpaired) electrons. The molecular weight excluding hydrogens is 381 g/mol. The normalized spacial score (nSPS) is 11.4. The van der Waals surface area contributed by atoms with E-state index in [0.717, 1.165) is 0 Å². The zero-order valence-corrected chi connectivity index (χ0v) is 15.9. The molecule has 0 fully saturated rings. The summed E-state index contributed by atoms with van der Waals surface area (Å²) in [5, 5.41) is 3.31. The Morgan fingerprint density at radius 2 is 1.62 bits per heavy atom. The topological polar surface area (TPSA) is 73.9 Å². The van der Waals surface area contributed by atoms with Gasteiger partial charge in [-0.25, -0.2) is 4.79 Å². The lowest BCUT2D eigenvalue weighted by molar-refractivity contribution is -0.123. The summed E-state index contributed by atoms with van der Waals surface area (Å²) >= 11 is 11.8. The number of nitrogens with one attached hydrogen (secondary N) is 1. The van der Waals surface area contributed by atoms with Gasteiger partial charge in [-0.05, 0) is 37.3 Å². The third-order valence-electron chi connectivity index (χ3n) is 3.43. The van der Waals surface area contributed by atoms with Crippen LogP contribution in [0.5, 0.6) is 11.5 Å². The monoisotopic (exact) mass is 397 g/mol. The van der Waals surface area contributed by atoms with E-state index in [0.29, 0.717) is 22.2 Å². The maximum absolute atomic E-state index is 12.3. The average molecular weight is 398 g/mol. The first kappa shape index (κ1) is 19.9. The van der Waals surface area contributed by atoms with Gasteiger partial charge in [0.25, 0.3) is 5.91 Å². The van der Waals surface area contributed by atoms with E-state index in [1.54, 1.807) is 18.2 Å². The fraction of sp³-hybridized carbons (Fsp3) is 0.222. The lowest BCUT2D eigenvalue weighted by Gasteiger charge is -2.15. The van der Waals surface area contributed by atoms with Crippen molar-refractivity contribution in [2.24, 2.45) is 0 Å². The summed E-state index contributed by atoms with van der Waals surface area (Å²) in [5.74, 6) is -0.354. The first-order valence-corrected chi connectivity index (χ1v) is 8.29. The summed E-state index contributed by atoms with van der Waals surface area (Å²) in [6.07, 6.45) is -1.05. The summed E-state index contributed by atoms with van der Waals surface area (Å²) in [4.78, 5) is 24.5. The van der Waals surface area contributed by atoms with Crippen molar-refractivity contribution in [2.45, 2.75) is 13.0 Å². The average Bonchev–Trinajstić information content (AvgIpc) is 2.63. The summed E-state index contributed by atoms with van der Waals surface area (Å²) in [7, 11) is 2.94. The summed E-state index contributed by atoms with van der Waals surface area (Å²) in [6.45, 7) is 1.45. The first-order chi connectivity index (χ1) is 12.3. The number of anilines is 1. The molecule has 0 bridgehead atoms. The lowest BCUT2D eigenvalue weighted by Crippen LogP contribution is -2.30. The molecule has 8 heteroatoms. The minimum absolute atomic E-state index is 0.199. The number of hydrogen-bond donors (Lipinski definition) is 1. The van der Waals surface area contributed by atoms with Crippen molar-refractivity contribution in [1.82, 2.24) is 0 Å². The van der Waals surface area contributed by atoms with Gasteiger partial charge in [0.15, 0.2) is 6.10 Å². The molecule has 0 aliphatic heterocycles. The third kappa shape index (κ3) is 5.03. The summed E-state index contributed by atoms with van der Waals surface area (Å²) in [5.41, 5.74) is 0.567. The Hall–Kier alpha value is -2.44. The number of esters is 1. The summed E-state index contributed by atoms with van der Waals surface area (Å²) < 4.78 is 15.4. The fourth-order valence-corrected chi connectivity index (χ4v) is 2.49. The second-order valence-corrected chi connectivity index (χ2v) is 6.11. The maximum atomic E-state index is 12.3. The Labute approximate surface area is 160 Å². The quantitative estimate of drug-likeness (QED) is 0.739. The predicted octanol–water partition coefficient (Wildman–Crippen LogP) is 4.19. The van der Waals surface area contributed by atoms with Crippen molar-refractivity contribution in [2.75, 3.05) is 19.5 Å². The standard InChI is InChI=1S/C18H17Cl2NO5/c1-10(17(22)21-16-5-4-12(19)8-15(16)20)26-18(23)11-6-13(24-2)9-14(7-11)25-3/h4-10H,1-3H3,(H,21,22)/t10-/m1/s1. The Balaban J connectivity index is 2.07. The van der Waals surface area contributed by atoms with Gasteiger partial charge in [-0.2, -0.15) is 0 Å².